The first-order chi connectivity index (χ1) is 13.9. The van der Waals surface area contributed by atoms with Crippen LogP contribution in [0.15, 0.2) is 35.7 Å². The summed E-state index contributed by atoms with van der Waals surface area (Å²) in [5, 5.41) is 10.2. The maximum Gasteiger partial charge on any atom is 0.192 e. The maximum absolute atomic E-state index is 5.88. The summed E-state index contributed by atoms with van der Waals surface area (Å²) < 4.78 is 3.96. The van der Waals surface area contributed by atoms with Crippen LogP contribution in [0.3, 0.4) is 0 Å². The number of oxime groups is 1. The van der Waals surface area contributed by atoms with Crippen LogP contribution in [0.4, 0.5) is 0 Å². The van der Waals surface area contributed by atoms with Crippen LogP contribution in [0.2, 0.25) is 5.02 Å². The van der Waals surface area contributed by atoms with E-state index in [0.717, 1.165) is 28.8 Å². The van der Waals surface area contributed by atoms with Gasteiger partial charge in [0.1, 0.15) is 12.0 Å². The third-order valence-corrected chi connectivity index (χ3v) is 5.13. The molecule has 0 bridgehead atoms. The van der Waals surface area contributed by atoms with E-state index in [1.165, 1.54) is 11.3 Å². The molecule has 0 saturated carbocycles. The average molecular weight is 411 g/mol. The van der Waals surface area contributed by atoms with Crippen molar-refractivity contribution >= 4 is 34.5 Å². The fourth-order valence-corrected chi connectivity index (χ4v) is 3.49. The lowest BCUT2D eigenvalue weighted by molar-refractivity contribution is 0.126. The standard InChI is InChI=1S/C21H23ClN6O/c1-13(2)10-27-15(4)14(3)19-20(27)23-12-28-21(19)25-18(26-28)11-29-24-9-16-5-7-17(22)8-6-16/h5-9,12-13H,10-11H2,1-4H3. The highest BCUT2D eigenvalue weighted by Gasteiger charge is 2.18. The van der Waals surface area contributed by atoms with Gasteiger partial charge in [-0.05, 0) is 43.0 Å². The van der Waals surface area contributed by atoms with Gasteiger partial charge in [0, 0.05) is 17.3 Å². The van der Waals surface area contributed by atoms with Gasteiger partial charge in [-0.3, -0.25) is 0 Å². The zero-order chi connectivity index (χ0) is 20.5. The molecule has 3 aromatic heterocycles. The van der Waals surface area contributed by atoms with E-state index in [9.17, 15) is 0 Å². The molecular weight excluding hydrogens is 388 g/mol. The molecule has 7 nitrogen and oxygen atoms in total. The summed E-state index contributed by atoms with van der Waals surface area (Å²) in [6.45, 7) is 9.74. The van der Waals surface area contributed by atoms with Gasteiger partial charge in [0.2, 0.25) is 0 Å². The second-order valence-electron chi connectivity index (χ2n) is 7.51. The Hall–Kier alpha value is -2.93. The van der Waals surface area contributed by atoms with Gasteiger partial charge in [0.05, 0.1) is 11.6 Å². The molecule has 150 valence electrons. The highest BCUT2D eigenvalue weighted by molar-refractivity contribution is 6.30. The molecule has 0 saturated heterocycles. The van der Waals surface area contributed by atoms with Crippen LogP contribution >= 0.6 is 11.6 Å². The smallest absolute Gasteiger partial charge is 0.192 e. The third-order valence-electron chi connectivity index (χ3n) is 4.88. The number of aryl methyl sites for hydroxylation is 1. The molecule has 1 aromatic carbocycles. The summed E-state index contributed by atoms with van der Waals surface area (Å²) >= 11 is 5.88. The predicted molar refractivity (Wildman–Crippen MR) is 114 cm³/mol. The predicted octanol–water partition coefficient (Wildman–Crippen LogP) is 4.56. The molecule has 4 rings (SSSR count). The van der Waals surface area contributed by atoms with Crippen molar-refractivity contribution < 1.29 is 4.84 Å². The van der Waals surface area contributed by atoms with E-state index in [4.69, 9.17) is 16.4 Å². The van der Waals surface area contributed by atoms with Gasteiger partial charge in [-0.15, -0.1) is 5.10 Å². The summed E-state index contributed by atoms with van der Waals surface area (Å²) in [7, 11) is 0. The highest BCUT2D eigenvalue weighted by atomic mass is 35.5. The number of hydrogen-bond donors (Lipinski definition) is 0. The van der Waals surface area contributed by atoms with E-state index in [1.807, 2.05) is 12.1 Å². The van der Waals surface area contributed by atoms with E-state index in [0.29, 0.717) is 16.8 Å². The molecule has 0 N–H and O–H groups in total. The average Bonchev–Trinajstić information content (AvgIpc) is 3.21. The molecule has 0 amide bonds. The summed E-state index contributed by atoms with van der Waals surface area (Å²) in [6.07, 6.45) is 3.34. The van der Waals surface area contributed by atoms with Crippen LogP contribution in [-0.2, 0) is 18.0 Å². The molecule has 0 atom stereocenters. The van der Waals surface area contributed by atoms with Crippen molar-refractivity contribution in [3.8, 4) is 0 Å². The Bertz CT molecular complexity index is 1190. The molecule has 29 heavy (non-hydrogen) atoms. The molecular formula is C21H23ClN6O. The summed E-state index contributed by atoms with van der Waals surface area (Å²) in [6, 6.07) is 7.35. The number of nitrogens with zero attached hydrogens (tertiary/aromatic N) is 6. The van der Waals surface area contributed by atoms with Crippen molar-refractivity contribution in [2.24, 2.45) is 11.1 Å². The first-order valence-electron chi connectivity index (χ1n) is 9.54. The van der Waals surface area contributed by atoms with E-state index in [-0.39, 0.29) is 6.61 Å². The van der Waals surface area contributed by atoms with E-state index in [2.05, 4.69) is 52.5 Å². The molecule has 0 spiro atoms. The topological polar surface area (TPSA) is 69.6 Å². The fourth-order valence-electron chi connectivity index (χ4n) is 3.37. The second kappa shape index (κ2) is 7.83. The SMILES string of the molecule is Cc1c(C)n(CC(C)C)c2ncn3nc(CON=Cc4ccc(Cl)cc4)nc3c12. The van der Waals surface area contributed by atoms with Crippen molar-refractivity contribution in [1.29, 1.82) is 0 Å². The molecule has 0 aliphatic rings. The minimum atomic E-state index is 0.179. The van der Waals surface area contributed by atoms with E-state index in [1.54, 1.807) is 29.2 Å². The number of fused-ring (bicyclic) bond motifs is 3. The third kappa shape index (κ3) is 3.82. The lowest BCUT2D eigenvalue weighted by Crippen LogP contribution is -2.07. The van der Waals surface area contributed by atoms with Crippen molar-refractivity contribution in [3.63, 3.8) is 0 Å². The molecule has 0 radical (unpaired) electrons. The minimum Gasteiger partial charge on any atom is -0.387 e. The molecule has 0 unspecified atom stereocenters. The Labute approximate surface area is 174 Å². The summed E-state index contributed by atoms with van der Waals surface area (Å²) in [5.41, 5.74) is 5.03. The lowest BCUT2D eigenvalue weighted by atomic mass is 10.2. The first-order valence-corrected chi connectivity index (χ1v) is 9.92. The van der Waals surface area contributed by atoms with Crippen LogP contribution in [0.1, 0.15) is 36.5 Å². The van der Waals surface area contributed by atoms with E-state index >= 15 is 0 Å². The van der Waals surface area contributed by atoms with Crippen LogP contribution in [0, 0.1) is 19.8 Å². The zero-order valence-electron chi connectivity index (χ0n) is 16.9. The number of rotatable bonds is 6. The number of halogens is 1. The number of hydrogen-bond acceptors (Lipinski definition) is 5. The normalized spacial score (nSPS) is 12.1. The Morgan fingerprint density at radius 3 is 2.66 bits per heavy atom. The van der Waals surface area contributed by atoms with Crippen molar-refractivity contribution in [3.05, 3.63) is 58.3 Å². The van der Waals surface area contributed by atoms with Gasteiger partial charge in [0.25, 0.3) is 0 Å². The molecule has 0 aliphatic heterocycles. The molecule has 0 fully saturated rings. The summed E-state index contributed by atoms with van der Waals surface area (Å²) in [4.78, 5) is 14.7. The monoisotopic (exact) mass is 410 g/mol. The van der Waals surface area contributed by atoms with Crippen molar-refractivity contribution in [1.82, 2.24) is 24.1 Å². The van der Waals surface area contributed by atoms with Crippen LogP contribution in [0.25, 0.3) is 16.7 Å². The number of aromatic nitrogens is 5. The zero-order valence-corrected chi connectivity index (χ0v) is 17.7. The molecule has 3 heterocycles. The molecule has 8 heteroatoms. The van der Waals surface area contributed by atoms with Gasteiger partial charge in [-0.1, -0.05) is 42.7 Å². The van der Waals surface area contributed by atoms with Gasteiger partial charge in [-0.25, -0.2) is 14.5 Å². The van der Waals surface area contributed by atoms with E-state index < -0.39 is 0 Å². The van der Waals surface area contributed by atoms with Gasteiger partial charge >= 0.3 is 0 Å². The lowest BCUT2D eigenvalue weighted by Gasteiger charge is -2.10. The summed E-state index contributed by atoms with van der Waals surface area (Å²) in [5.74, 6) is 1.09. The van der Waals surface area contributed by atoms with Gasteiger partial charge < -0.3 is 9.40 Å². The van der Waals surface area contributed by atoms with Crippen molar-refractivity contribution in [2.75, 3.05) is 0 Å². The Morgan fingerprint density at radius 2 is 1.93 bits per heavy atom. The Balaban J connectivity index is 1.59. The fraction of sp³-hybridized carbons (Fsp3) is 0.333. The Morgan fingerprint density at radius 1 is 1.17 bits per heavy atom. The molecule has 4 aromatic rings. The van der Waals surface area contributed by atoms with Gasteiger partial charge in [0.15, 0.2) is 18.1 Å². The minimum absolute atomic E-state index is 0.179. The second-order valence-corrected chi connectivity index (χ2v) is 7.95. The van der Waals surface area contributed by atoms with Gasteiger partial charge in [-0.2, -0.15) is 0 Å². The van der Waals surface area contributed by atoms with Crippen LogP contribution in [0.5, 0.6) is 0 Å². The van der Waals surface area contributed by atoms with Crippen LogP contribution < -0.4 is 0 Å². The van der Waals surface area contributed by atoms with Crippen molar-refractivity contribution in [2.45, 2.75) is 40.8 Å². The van der Waals surface area contributed by atoms with Crippen LogP contribution in [-0.4, -0.2) is 30.4 Å². The Kier molecular flexibility index (Phi) is 5.24. The molecule has 0 aliphatic carbocycles. The maximum atomic E-state index is 5.88. The quantitative estimate of drug-likeness (QED) is 0.345. The largest absolute Gasteiger partial charge is 0.387 e. The highest BCUT2D eigenvalue weighted by Crippen LogP contribution is 2.27. The number of benzene rings is 1. The first kappa shape index (κ1) is 19.4.